The minimum Gasteiger partial charge on any atom is -0.493 e. The lowest BCUT2D eigenvalue weighted by Crippen LogP contribution is -2.22. The van der Waals surface area contributed by atoms with Crippen LogP contribution in [0.2, 0.25) is 0 Å². The fourth-order valence-electron chi connectivity index (χ4n) is 1.88. The van der Waals surface area contributed by atoms with Crippen molar-refractivity contribution in [2.24, 2.45) is 0 Å². The van der Waals surface area contributed by atoms with Gasteiger partial charge in [-0.15, -0.1) is 0 Å². The number of aryl methyl sites for hydroxylation is 1. The molecule has 0 bridgehead atoms. The number of benzene rings is 1. The average molecular weight is 275 g/mol. The van der Waals surface area contributed by atoms with Crippen molar-refractivity contribution >= 4 is 5.91 Å². The van der Waals surface area contributed by atoms with Gasteiger partial charge in [-0.1, -0.05) is 0 Å². The maximum atomic E-state index is 11.8. The second-order valence-corrected chi connectivity index (χ2v) is 4.29. The first-order valence-corrected chi connectivity index (χ1v) is 6.19. The normalized spacial score (nSPS) is 10.2. The van der Waals surface area contributed by atoms with Crippen LogP contribution < -0.4 is 14.8 Å². The molecule has 1 aromatic heterocycles. The second kappa shape index (κ2) is 6.14. The lowest BCUT2D eigenvalue weighted by Gasteiger charge is -2.13. The standard InChI is InChI=1S/C15H17NO4/c1-10-7-13(18-2)14(19-3)8-11(10)9-16-15(17)12-5-4-6-20-12/h4-8H,9H2,1-3H3,(H,16,17). The summed E-state index contributed by atoms with van der Waals surface area (Å²) in [5, 5.41) is 2.80. The quantitative estimate of drug-likeness (QED) is 0.911. The van der Waals surface area contributed by atoms with E-state index in [1.54, 1.807) is 26.4 Å². The molecule has 0 saturated heterocycles. The highest BCUT2D eigenvalue weighted by Gasteiger charge is 2.11. The van der Waals surface area contributed by atoms with Gasteiger partial charge in [0.2, 0.25) is 0 Å². The average Bonchev–Trinajstić information content (AvgIpc) is 2.99. The Morgan fingerprint density at radius 3 is 2.55 bits per heavy atom. The minimum absolute atomic E-state index is 0.246. The van der Waals surface area contributed by atoms with E-state index in [0.29, 0.717) is 23.8 Å². The molecule has 0 fully saturated rings. The summed E-state index contributed by atoms with van der Waals surface area (Å²) in [5.41, 5.74) is 1.98. The lowest BCUT2D eigenvalue weighted by atomic mass is 10.1. The van der Waals surface area contributed by atoms with Crippen molar-refractivity contribution in [1.29, 1.82) is 0 Å². The van der Waals surface area contributed by atoms with Gasteiger partial charge in [0.05, 0.1) is 20.5 Å². The minimum atomic E-state index is -0.246. The Morgan fingerprint density at radius 1 is 1.25 bits per heavy atom. The summed E-state index contributed by atoms with van der Waals surface area (Å²) in [6.07, 6.45) is 1.47. The van der Waals surface area contributed by atoms with Gasteiger partial charge in [-0.3, -0.25) is 4.79 Å². The molecule has 1 N–H and O–H groups in total. The van der Waals surface area contributed by atoms with E-state index >= 15 is 0 Å². The van der Waals surface area contributed by atoms with Gasteiger partial charge in [0, 0.05) is 6.54 Å². The molecule has 1 amide bonds. The summed E-state index contributed by atoms with van der Waals surface area (Å²) >= 11 is 0. The van der Waals surface area contributed by atoms with Gasteiger partial charge in [-0.05, 0) is 42.3 Å². The van der Waals surface area contributed by atoms with Crippen LogP contribution in [0.1, 0.15) is 21.7 Å². The highest BCUT2D eigenvalue weighted by molar-refractivity contribution is 5.91. The van der Waals surface area contributed by atoms with Gasteiger partial charge in [-0.25, -0.2) is 0 Å². The summed E-state index contributed by atoms with van der Waals surface area (Å²) in [6.45, 7) is 2.35. The van der Waals surface area contributed by atoms with Gasteiger partial charge in [0.15, 0.2) is 17.3 Å². The number of hydrogen-bond donors (Lipinski definition) is 1. The Labute approximate surface area is 117 Å². The molecular formula is C15H17NO4. The number of rotatable bonds is 5. The predicted molar refractivity (Wildman–Crippen MR) is 74.2 cm³/mol. The van der Waals surface area contributed by atoms with Crippen molar-refractivity contribution < 1.29 is 18.7 Å². The Kier molecular flexibility index (Phi) is 4.30. The third kappa shape index (κ3) is 2.93. The molecular weight excluding hydrogens is 258 g/mol. The molecule has 0 atom stereocenters. The molecule has 1 aromatic carbocycles. The lowest BCUT2D eigenvalue weighted by molar-refractivity contribution is 0.0923. The van der Waals surface area contributed by atoms with Crippen LogP contribution >= 0.6 is 0 Å². The molecule has 20 heavy (non-hydrogen) atoms. The summed E-state index contributed by atoms with van der Waals surface area (Å²) in [7, 11) is 3.17. The zero-order valence-electron chi connectivity index (χ0n) is 11.7. The fourth-order valence-corrected chi connectivity index (χ4v) is 1.88. The maximum absolute atomic E-state index is 11.8. The van der Waals surface area contributed by atoms with E-state index in [0.717, 1.165) is 11.1 Å². The van der Waals surface area contributed by atoms with Crippen LogP contribution in [-0.2, 0) is 6.54 Å². The molecule has 2 rings (SSSR count). The van der Waals surface area contributed by atoms with Crippen LogP contribution in [0.4, 0.5) is 0 Å². The first-order valence-electron chi connectivity index (χ1n) is 6.19. The molecule has 5 heteroatoms. The van der Waals surface area contributed by atoms with Crippen molar-refractivity contribution in [3.63, 3.8) is 0 Å². The fraction of sp³-hybridized carbons (Fsp3) is 0.267. The number of carbonyl (C=O) groups is 1. The van der Waals surface area contributed by atoms with Gasteiger partial charge < -0.3 is 19.2 Å². The van der Waals surface area contributed by atoms with E-state index < -0.39 is 0 Å². The number of furan rings is 1. The Bertz CT molecular complexity index is 590. The largest absolute Gasteiger partial charge is 0.493 e. The summed E-state index contributed by atoms with van der Waals surface area (Å²) in [6, 6.07) is 7.04. The van der Waals surface area contributed by atoms with Crippen molar-refractivity contribution in [3.05, 3.63) is 47.4 Å². The zero-order valence-corrected chi connectivity index (χ0v) is 11.7. The zero-order chi connectivity index (χ0) is 14.5. The molecule has 0 saturated carbocycles. The Morgan fingerprint density at radius 2 is 1.95 bits per heavy atom. The Balaban J connectivity index is 2.11. The topological polar surface area (TPSA) is 60.7 Å². The van der Waals surface area contributed by atoms with E-state index in [4.69, 9.17) is 13.9 Å². The van der Waals surface area contributed by atoms with Gasteiger partial charge in [0.1, 0.15) is 0 Å². The molecule has 0 spiro atoms. The third-order valence-electron chi connectivity index (χ3n) is 3.03. The first kappa shape index (κ1) is 14.0. The van der Waals surface area contributed by atoms with Gasteiger partial charge >= 0.3 is 0 Å². The van der Waals surface area contributed by atoms with Gasteiger partial charge in [-0.2, -0.15) is 0 Å². The summed E-state index contributed by atoms with van der Waals surface area (Å²) < 4.78 is 15.5. The number of methoxy groups -OCH3 is 2. The molecule has 0 aliphatic rings. The smallest absolute Gasteiger partial charge is 0.287 e. The molecule has 0 radical (unpaired) electrons. The number of hydrogen-bond acceptors (Lipinski definition) is 4. The predicted octanol–water partition coefficient (Wildman–Crippen LogP) is 2.54. The van der Waals surface area contributed by atoms with Crippen LogP contribution in [0.3, 0.4) is 0 Å². The van der Waals surface area contributed by atoms with E-state index in [2.05, 4.69) is 5.32 Å². The maximum Gasteiger partial charge on any atom is 0.287 e. The second-order valence-electron chi connectivity index (χ2n) is 4.29. The van der Waals surface area contributed by atoms with Crippen LogP contribution in [0.15, 0.2) is 34.9 Å². The highest BCUT2D eigenvalue weighted by Crippen LogP contribution is 2.30. The monoisotopic (exact) mass is 275 g/mol. The van der Waals surface area contributed by atoms with E-state index in [9.17, 15) is 4.79 Å². The van der Waals surface area contributed by atoms with Crippen molar-refractivity contribution in [3.8, 4) is 11.5 Å². The summed E-state index contributed by atoms with van der Waals surface area (Å²) in [5.74, 6) is 1.36. The van der Waals surface area contributed by atoms with Crippen LogP contribution in [0.25, 0.3) is 0 Å². The molecule has 5 nitrogen and oxygen atoms in total. The van der Waals surface area contributed by atoms with Crippen LogP contribution in [0.5, 0.6) is 11.5 Å². The highest BCUT2D eigenvalue weighted by atomic mass is 16.5. The molecule has 0 aliphatic carbocycles. The van der Waals surface area contributed by atoms with Crippen LogP contribution in [-0.4, -0.2) is 20.1 Å². The number of carbonyl (C=O) groups excluding carboxylic acids is 1. The van der Waals surface area contributed by atoms with Gasteiger partial charge in [0.25, 0.3) is 5.91 Å². The molecule has 2 aromatic rings. The Hall–Kier alpha value is -2.43. The third-order valence-corrected chi connectivity index (χ3v) is 3.03. The van der Waals surface area contributed by atoms with Crippen molar-refractivity contribution in [2.45, 2.75) is 13.5 Å². The SMILES string of the molecule is COc1cc(C)c(CNC(=O)c2ccco2)cc1OC. The van der Waals surface area contributed by atoms with E-state index in [-0.39, 0.29) is 5.91 Å². The van der Waals surface area contributed by atoms with Crippen molar-refractivity contribution in [1.82, 2.24) is 5.32 Å². The molecule has 1 heterocycles. The number of nitrogens with one attached hydrogen (secondary N) is 1. The number of amides is 1. The van der Waals surface area contributed by atoms with E-state index in [1.165, 1.54) is 6.26 Å². The number of ether oxygens (including phenoxy) is 2. The van der Waals surface area contributed by atoms with Crippen LogP contribution in [0, 0.1) is 6.92 Å². The first-order chi connectivity index (χ1) is 9.65. The molecule has 106 valence electrons. The molecule has 0 aliphatic heterocycles. The van der Waals surface area contributed by atoms with E-state index in [1.807, 2.05) is 19.1 Å². The molecule has 0 unspecified atom stereocenters. The summed E-state index contributed by atoms with van der Waals surface area (Å²) in [4.78, 5) is 11.8. The van der Waals surface area contributed by atoms with Crippen molar-refractivity contribution in [2.75, 3.05) is 14.2 Å².